The number of hydrogen-bond acceptors (Lipinski definition) is 4. The zero-order valence-electron chi connectivity index (χ0n) is 11.1. The molecule has 0 unspecified atom stereocenters. The van der Waals surface area contributed by atoms with Crippen LogP contribution in [0, 0.1) is 0 Å². The van der Waals surface area contributed by atoms with Crippen molar-refractivity contribution in [2.75, 3.05) is 7.05 Å². The van der Waals surface area contributed by atoms with Crippen LogP contribution in [0.4, 0.5) is 0 Å². The van der Waals surface area contributed by atoms with E-state index in [9.17, 15) is 0 Å². The summed E-state index contributed by atoms with van der Waals surface area (Å²) in [6.07, 6.45) is 5.36. The molecule has 0 radical (unpaired) electrons. The second-order valence-electron chi connectivity index (χ2n) is 4.10. The number of hydrogen-bond donors (Lipinski definition) is 1. The molecule has 0 atom stereocenters. The molecule has 0 amide bonds. The van der Waals surface area contributed by atoms with E-state index < -0.39 is 0 Å². The van der Waals surface area contributed by atoms with E-state index >= 15 is 0 Å². The molecule has 1 N–H and O–H groups in total. The minimum Gasteiger partial charge on any atom is -0.316 e. The minimum atomic E-state index is 0.794. The number of nitrogens with one attached hydrogen (secondary N) is 1. The van der Waals surface area contributed by atoms with E-state index in [0.717, 1.165) is 36.7 Å². The van der Waals surface area contributed by atoms with Gasteiger partial charge in [0, 0.05) is 25.6 Å². The molecule has 0 fully saturated rings. The van der Waals surface area contributed by atoms with Crippen LogP contribution in [0.3, 0.4) is 0 Å². The quantitative estimate of drug-likeness (QED) is 0.867. The lowest BCUT2D eigenvalue weighted by Gasteiger charge is -2.09. The van der Waals surface area contributed by atoms with E-state index in [4.69, 9.17) is 0 Å². The van der Waals surface area contributed by atoms with Crippen molar-refractivity contribution < 1.29 is 0 Å². The Morgan fingerprint density at radius 2 is 2.11 bits per heavy atom. The van der Waals surface area contributed by atoms with Gasteiger partial charge in [0.2, 0.25) is 0 Å². The van der Waals surface area contributed by atoms with Crippen molar-refractivity contribution >= 4 is 0 Å². The van der Waals surface area contributed by atoms with Gasteiger partial charge in [-0.2, -0.15) is 5.10 Å². The fraction of sp³-hybridized carbons (Fsp3) is 0.462. The number of rotatable bonds is 5. The van der Waals surface area contributed by atoms with Crippen molar-refractivity contribution in [3.8, 4) is 5.69 Å². The monoisotopic (exact) mass is 245 g/mol. The van der Waals surface area contributed by atoms with Gasteiger partial charge >= 0.3 is 0 Å². The van der Waals surface area contributed by atoms with Gasteiger partial charge in [-0.05, 0) is 18.7 Å². The van der Waals surface area contributed by atoms with E-state index in [2.05, 4.69) is 34.2 Å². The summed E-state index contributed by atoms with van der Waals surface area (Å²) in [6, 6.07) is 2.01. The van der Waals surface area contributed by atoms with Crippen molar-refractivity contribution in [3.63, 3.8) is 0 Å². The Balaban J connectivity index is 2.50. The van der Waals surface area contributed by atoms with Crippen molar-refractivity contribution in [2.45, 2.75) is 33.2 Å². The summed E-state index contributed by atoms with van der Waals surface area (Å²) in [5, 5.41) is 7.71. The second kappa shape index (κ2) is 5.73. The van der Waals surface area contributed by atoms with Crippen LogP contribution in [0.5, 0.6) is 0 Å². The lowest BCUT2D eigenvalue weighted by Crippen LogP contribution is -2.11. The highest BCUT2D eigenvalue weighted by Gasteiger charge is 2.12. The summed E-state index contributed by atoms with van der Waals surface area (Å²) in [5.41, 5.74) is 2.19. The molecule has 0 saturated carbocycles. The van der Waals surface area contributed by atoms with Crippen LogP contribution in [-0.2, 0) is 19.4 Å². The molecule has 5 heteroatoms. The predicted octanol–water partition coefficient (Wildman–Crippen LogP) is 1.51. The normalized spacial score (nSPS) is 10.8. The highest BCUT2D eigenvalue weighted by atomic mass is 15.4. The average molecular weight is 245 g/mol. The predicted molar refractivity (Wildman–Crippen MR) is 70.7 cm³/mol. The largest absolute Gasteiger partial charge is 0.316 e. The average Bonchev–Trinajstić information content (AvgIpc) is 2.83. The first-order valence-corrected chi connectivity index (χ1v) is 6.32. The summed E-state index contributed by atoms with van der Waals surface area (Å²) in [5.74, 6) is 1.86. The summed E-state index contributed by atoms with van der Waals surface area (Å²) < 4.78 is 1.92. The number of aromatic nitrogens is 4. The Bertz CT molecular complexity index is 518. The van der Waals surface area contributed by atoms with E-state index in [1.54, 1.807) is 6.20 Å². The summed E-state index contributed by atoms with van der Waals surface area (Å²) in [6.45, 7) is 4.95. The van der Waals surface area contributed by atoms with Gasteiger partial charge in [-0.3, -0.25) is 4.98 Å². The Kier molecular flexibility index (Phi) is 4.04. The molecule has 0 aliphatic heterocycles. The first kappa shape index (κ1) is 12.7. The first-order chi connectivity index (χ1) is 8.80. The molecule has 96 valence electrons. The Hall–Kier alpha value is -1.75. The molecule has 0 aromatic carbocycles. The van der Waals surface area contributed by atoms with Gasteiger partial charge in [0.05, 0.1) is 11.9 Å². The van der Waals surface area contributed by atoms with E-state index in [-0.39, 0.29) is 0 Å². The van der Waals surface area contributed by atoms with E-state index in [1.807, 2.05) is 24.0 Å². The molecule has 0 aliphatic rings. The third-order valence-corrected chi connectivity index (χ3v) is 2.83. The van der Waals surface area contributed by atoms with Crippen molar-refractivity contribution in [3.05, 3.63) is 35.7 Å². The maximum Gasteiger partial charge on any atom is 0.151 e. The first-order valence-electron chi connectivity index (χ1n) is 6.32. The molecule has 2 heterocycles. The molecule has 2 aromatic heterocycles. The van der Waals surface area contributed by atoms with Crippen LogP contribution >= 0.6 is 0 Å². The number of aryl methyl sites for hydroxylation is 2. The lowest BCUT2D eigenvalue weighted by molar-refractivity contribution is 0.751. The maximum absolute atomic E-state index is 4.55. The highest BCUT2D eigenvalue weighted by Crippen LogP contribution is 2.15. The summed E-state index contributed by atoms with van der Waals surface area (Å²) in [7, 11) is 1.93. The van der Waals surface area contributed by atoms with Gasteiger partial charge < -0.3 is 5.32 Å². The topological polar surface area (TPSA) is 55.6 Å². The molecule has 5 nitrogen and oxygen atoms in total. The number of pyridine rings is 1. The molecule has 18 heavy (non-hydrogen) atoms. The molecule has 0 spiro atoms. The lowest BCUT2D eigenvalue weighted by atomic mass is 10.2. The zero-order valence-corrected chi connectivity index (χ0v) is 11.1. The Morgan fingerprint density at radius 3 is 2.78 bits per heavy atom. The van der Waals surface area contributed by atoms with Gasteiger partial charge in [-0.1, -0.05) is 13.8 Å². The number of nitrogens with zero attached hydrogens (tertiary/aromatic N) is 4. The van der Waals surface area contributed by atoms with Crippen molar-refractivity contribution in [1.82, 2.24) is 25.1 Å². The molecular formula is C13H19N5. The van der Waals surface area contributed by atoms with E-state index in [1.165, 1.54) is 5.56 Å². The molecule has 2 rings (SSSR count). The fourth-order valence-electron chi connectivity index (χ4n) is 1.91. The smallest absolute Gasteiger partial charge is 0.151 e. The summed E-state index contributed by atoms with van der Waals surface area (Å²) in [4.78, 5) is 8.73. The Labute approximate surface area is 107 Å². The van der Waals surface area contributed by atoms with Crippen LogP contribution < -0.4 is 5.32 Å². The minimum absolute atomic E-state index is 0.794. The SMILES string of the molecule is CCc1nc(CC)n(-c2cnccc2CNC)n1. The molecule has 0 aliphatic carbocycles. The maximum atomic E-state index is 4.55. The zero-order chi connectivity index (χ0) is 13.0. The standard InChI is InChI=1S/C13H19N5/c1-4-12-16-13(5-2)18(17-12)11-9-15-7-6-10(11)8-14-3/h6-7,9,14H,4-5,8H2,1-3H3. The highest BCUT2D eigenvalue weighted by molar-refractivity contribution is 5.38. The molecule has 0 saturated heterocycles. The van der Waals surface area contributed by atoms with Gasteiger partial charge in [-0.25, -0.2) is 9.67 Å². The fourth-order valence-corrected chi connectivity index (χ4v) is 1.91. The van der Waals surface area contributed by atoms with Gasteiger partial charge in [0.15, 0.2) is 5.82 Å². The van der Waals surface area contributed by atoms with Crippen molar-refractivity contribution in [2.24, 2.45) is 0 Å². The van der Waals surface area contributed by atoms with Crippen LogP contribution in [-0.4, -0.2) is 26.8 Å². The van der Waals surface area contributed by atoms with Crippen LogP contribution in [0.1, 0.15) is 31.1 Å². The van der Waals surface area contributed by atoms with Gasteiger partial charge in [-0.15, -0.1) is 0 Å². The van der Waals surface area contributed by atoms with Gasteiger partial charge in [0.1, 0.15) is 5.82 Å². The molecule has 2 aromatic rings. The van der Waals surface area contributed by atoms with Gasteiger partial charge in [0.25, 0.3) is 0 Å². The van der Waals surface area contributed by atoms with Crippen molar-refractivity contribution in [1.29, 1.82) is 0 Å². The third kappa shape index (κ3) is 2.41. The van der Waals surface area contributed by atoms with E-state index in [0.29, 0.717) is 0 Å². The molecular weight excluding hydrogens is 226 g/mol. The Morgan fingerprint density at radius 1 is 1.28 bits per heavy atom. The molecule has 0 bridgehead atoms. The second-order valence-corrected chi connectivity index (χ2v) is 4.10. The van der Waals surface area contributed by atoms with Crippen LogP contribution in [0.2, 0.25) is 0 Å². The van der Waals surface area contributed by atoms with Crippen LogP contribution in [0.15, 0.2) is 18.5 Å². The third-order valence-electron chi connectivity index (χ3n) is 2.83. The summed E-state index contributed by atoms with van der Waals surface area (Å²) >= 11 is 0. The van der Waals surface area contributed by atoms with Crippen LogP contribution in [0.25, 0.3) is 5.69 Å².